The number of carbonyl (C=O) groups is 1. The van der Waals surface area contributed by atoms with Crippen LogP contribution in [0, 0.1) is 0 Å². The molecule has 0 fully saturated rings. The zero-order valence-corrected chi connectivity index (χ0v) is 10.6. The molecule has 0 aliphatic heterocycles. The van der Waals surface area contributed by atoms with Crippen molar-refractivity contribution in [2.24, 2.45) is 0 Å². The highest BCUT2D eigenvalue weighted by Gasteiger charge is 2.12. The lowest BCUT2D eigenvalue weighted by atomic mass is 10.2. The van der Waals surface area contributed by atoms with E-state index in [9.17, 15) is 4.79 Å². The normalized spacial score (nSPS) is 10.1. The van der Waals surface area contributed by atoms with Gasteiger partial charge in [0.1, 0.15) is 0 Å². The second kappa shape index (κ2) is 6.50. The van der Waals surface area contributed by atoms with Gasteiger partial charge in [-0.3, -0.25) is 0 Å². The van der Waals surface area contributed by atoms with Crippen LogP contribution in [-0.2, 0) is 11.3 Å². The number of methoxy groups -OCH3 is 1. The molecule has 0 unspecified atom stereocenters. The Labute approximate surface area is 103 Å². The second-order valence-corrected chi connectivity index (χ2v) is 4.14. The Morgan fingerprint density at radius 2 is 2.19 bits per heavy atom. The van der Waals surface area contributed by atoms with E-state index in [0.29, 0.717) is 19.7 Å². The monoisotopic (exact) mass is 287 g/mol. The predicted octanol–water partition coefficient (Wildman–Crippen LogP) is 2.58. The summed E-state index contributed by atoms with van der Waals surface area (Å²) in [5.41, 5.74) is 0.945. The molecular formula is C11H14BrNO3. The molecule has 1 aromatic carbocycles. The fourth-order valence-electron chi connectivity index (χ4n) is 1.28. The van der Waals surface area contributed by atoms with Crippen molar-refractivity contribution in [1.82, 2.24) is 4.90 Å². The van der Waals surface area contributed by atoms with Crippen LogP contribution in [0.4, 0.5) is 4.79 Å². The lowest BCUT2D eigenvalue weighted by Gasteiger charge is -2.19. The molecule has 0 aliphatic rings. The second-order valence-electron chi connectivity index (χ2n) is 3.29. The number of ether oxygens (including phenoxy) is 1. The molecule has 1 amide bonds. The summed E-state index contributed by atoms with van der Waals surface area (Å²) in [6.07, 6.45) is -0.937. The largest absolute Gasteiger partial charge is 0.465 e. The van der Waals surface area contributed by atoms with Crippen LogP contribution in [0.2, 0.25) is 0 Å². The van der Waals surface area contributed by atoms with E-state index >= 15 is 0 Å². The van der Waals surface area contributed by atoms with E-state index in [0.717, 1.165) is 10.0 Å². The summed E-state index contributed by atoms with van der Waals surface area (Å²) >= 11 is 3.39. The smallest absolute Gasteiger partial charge is 0.407 e. The van der Waals surface area contributed by atoms with Gasteiger partial charge in [-0.25, -0.2) is 4.79 Å². The molecule has 88 valence electrons. The molecule has 0 aromatic heterocycles. The summed E-state index contributed by atoms with van der Waals surface area (Å²) in [7, 11) is 1.55. The van der Waals surface area contributed by atoms with Crippen molar-refractivity contribution < 1.29 is 14.6 Å². The van der Waals surface area contributed by atoms with Crippen molar-refractivity contribution in [3.63, 3.8) is 0 Å². The first-order chi connectivity index (χ1) is 7.65. The van der Waals surface area contributed by atoms with Gasteiger partial charge in [-0.1, -0.05) is 34.1 Å². The minimum atomic E-state index is -0.937. The lowest BCUT2D eigenvalue weighted by Crippen LogP contribution is -2.32. The molecule has 0 spiro atoms. The van der Waals surface area contributed by atoms with Gasteiger partial charge in [0.2, 0.25) is 0 Å². The van der Waals surface area contributed by atoms with Crippen LogP contribution in [0.15, 0.2) is 28.7 Å². The number of nitrogens with zero attached hydrogens (tertiary/aromatic N) is 1. The Morgan fingerprint density at radius 1 is 1.50 bits per heavy atom. The highest BCUT2D eigenvalue weighted by atomic mass is 79.9. The molecule has 0 aliphatic carbocycles. The van der Waals surface area contributed by atoms with E-state index in [1.54, 1.807) is 7.11 Å². The quantitative estimate of drug-likeness (QED) is 0.906. The summed E-state index contributed by atoms with van der Waals surface area (Å²) in [6.45, 7) is 1.13. The first-order valence-corrected chi connectivity index (χ1v) is 5.64. The molecular weight excluding hydrogens is 274 g/mol. The van der Waals surface area contributed by atoms with Crippen LogP contribution in [0.5, 0.6) is 0 Å². The molecule has 0 bridgehead atoms. The van der Waals surface area contributed by atoms with Crippen LogP contribution in [0.25, 0.3) is 0 Å². The van der Waals surface area contributed by atoms with Crippen LogP contribution in [-0.4, -0.2) is 36.4 Å². The number of hydrogen-bond acceptors (Lipinski definition) is 2. The van der Waals surface area contributed by atoms with E-state index in [1.807, 2.05) is 24.3 Å². The zero-order chi connectivity index (χ0) is 12.0. The van der Waals surface area contributed by atoms with Gasteiger partial charge in [-0.05, 0) is 11.6 Å². The zero-order valence-electron chi connectivity index (χ0n) is 9.02. The van der Waals surface area contributed by atoms with E-state index in [4.69, 9.17) is 9.84 Å². The third-order valence-corrected chi connectivity index (χ3v) is 2.93. The Bertz CT molecular complexity index is 357. The molecule has 0 saturated heterocycles. The van der Waals surface area contributed by atoms with Gasteiger partial charge < -0.3 is 14.7 Å². The molecule has 0 heterocycles. The van der Waals surface area contributed by atoms with Gasteiger partial charge in [0.15, 0.2) is 0 Å². The molecule has 5 heteroatoms. The van der Waals surface area contributed by atoms with Gasteiger partial charge in [-0.2, -0.15) is 0 Å². The van der Waals surface area contributed by atoms with Gasteiger partial charge >= 0.3 is 6.09 Å². The topological polar surface area (TPSA) is 49.8 Å². The predicted molar refractivity (Wildman–Crippen MR) is 64.5 cm³/mol. The number of halogens is 1. The van der Waals surface area contributed by atoms with Crippen LogP contribution in [0.1, 0.15) is 5.56 Å². The number of benzene rings is 1. The minimum absolute atomic E-state index is 0.361. The summed E-state index contributed by atoms with van der Waals surface area (Å²) < 4.78 is 5.79. The molecule has 0 atom stereocenters. The van der Waals surface area contributed by atoms with Crippen molar-refractivity contribution in [2.45, 2.75) is 6.54 Å². The van der Waals surface area contributed by atoms with E-state index in [-0.39, 0.29) is 0 Å². The fraction of sp³-hybridized carbons (Fsp3) is 0.364. The van der Waals surface area contributed by atoms with Crippen molar-refractivity contribution in [3.8, 4) is 0 Å². The standard InChI is InChI=1S/C11H14BrNO3/c1-16-7-6-13(11(14)15)8-9-4-2-3-5-10(9)12/h2-5H,6-8H2,1H3,(H,14,15). The van der Waals surface area contributed by atoms with Crippen molar-refractivity contribution >= 4 is 22.0 Å². The average molecular weight is 288 g/mol. The van der Waals surface area contributed by atoms with E-state index in [1.165, 1.54) is 4.90 Å². The molecule has 0 saturated carbocycles. The summed E-state index contributed by atoms with van der Waals surface area (Å²) in [5, 5.41) is 9.01. The third-order valence-electron chi connectivity index (χ3n) is 2.15. The number of amides is 1. The maximum absolute atomic E-state index is 11.0. The lowest BCUT2D eigenvalue weighted by molar-refractivity contribution is 0.115. The van der Waals surface area contributed by atoms with Crippen molar-refractivity contribution in [2.75, 3.05) is 20.3 Å². The summed E-state index contributed by atoms with van der Waals surface area (Å²) in [6, 6.07) is 7.57. The van der Waals surface area contributed by atoms with Crippen LogP contribution >= 0.6 is 15.9 Å². The van der Waals surface area contributed by atoms with Gasteiger partial charge in [0.05, 0.1) is 13.2 Å². The van der Waals surface area contributed by atoms with E-state index in [2.05, 4.69) is 15.9 Å². The number of hydrogen-bond donors (Lipinski definition) is 1. The molecule has 1 N–H and O–H groups in total. The molecule has 0 radical (unpaired) electrons. The molecule has 16 heavy (non-hydrogen) atoms. The highest BCUT2D eigenvalue weighted by molar-refractivity contribution is 9.10. The highest BCUT2D eigenvalue weighted by Crippen LogP contribution is 2.17. The van der Waals surface area contributed by atoms with Crippen LogP contribution in [0.3, 0.4) is 0 Å². The molecule has 1 aromatic rings. The third kappa shape index (κ3) is 3.83. The number of carboxylic acid groups (broad SMARTS) is 1. The fourth-order valence-corrected chi connectivity index (χ4v) is 1.69. The molecule has 1 rings (SSSR count). The Hall–Kier alpha value is -1.07. The van der Waals surface area contributed by atoms with Gasteiger partial charge in [0.25, 0.3) is 0 Å². The van der Waals surface area contributed by atoms with Crippen LogP contribution < -0.4 is 0 Å². The Morgan fingerprint density at radius 3 is 2.75 bits per heavy atom. The maximum atomic E-state index is 11.0. The summed E-state index contributed by atoms with van der Waals surface area (Å²) in [5.74, 6) is 0. The van der Waals surface area contributed by atoms with Gasteiger partial charge in [0, 0.05) is 18.1 Å². The first kappa shape index (κ1) is 13.0. The van der Waals surface area contributed by atoms with E-state index < -0.39 is 6.09 Å². The first-order valence-electron chi connectivity index (χ1n) is 4.85. The minimum Gasteiger partial charge on any atom is -0.465 e. The Balaban J connectivity index is 2.68. The van der Waals surface area contributed by atoms with Gasteiger partial charge in [-0.15, -0.1) is 0 Å². The SMILES string of the molecule is COCCN(Cc1ccccc1Br)C(=O)O. The summed E-state index contributed by atoms with van der Waals surface area (Å²) in [4.78, 5) is 12.3. The Kier molecular flexibility index (Phi) is 5.28. The molecule has 4 nitrogen and oxygen atoms in total. The van der Waals surface area contributed by atoms with Crippen molar-refractivity contribution in [3.05, 3.63) is 34.3 Å². The number of rotatable bonds is 5. The maximum Gasteiger partial charge on any atom is 0.407 e. The van der Waals surface area contributed by atoms with Crippen molar-refractivity contribution in [1.29, 1.82) is 0 Å². The average Bonchev–Trinajstić information content (AvgIpc) is 2.26.